The zero-order valence-corrected chi connectivity index (χ0v) is 23.7. The Bertz CT molecular complexity index is 986. The van der Waals surface area contributed by atoms with Gasteiger partial charge in [0, 0.05) is 17.9 Å². The van der Waals surface area contributed by atoms with Crippen LogP contribution in [-0.2, 0) is 14.3 Å². The van der Waals surface area contributed by atoms with Gasteiger partial charge in [0.05, 0.1) is 0 Å². The van der Waals surface area contributed by atoms with Gasteiger partial charge in [-0.25, -0.2) is 4.79 Å². The number of hydrogen-bond acceptors (Lipinski definition) is 3. The van der Waals surface area contributed by atoms with Gasteiger partial charge in [-0.1, -0.05) is 64.5 Å². The molecule has 1 unspecified atom stereocenters. The number of esters is 1. The Kier molecular flexibility index (Phi) is 7.16. The molecule has 0 aliphatic heterocycles. The first kappa shape index (κ1) is 27.2. The number of carbonyl (C=O) groups excluding carboxylic acids is 1. The Morgan fingerprint density at radius 1 is 1.19 bits per heavy atom. The number of hydrogen-bond donors (Lipinski definition) is 1. The molecule has 0 heterocycles. The molecular weight excluding hydrogens is 448 g/mol. The van der Waals surface area contributed by atoms with Crippen LogP contribution in [0.2, 0.25) is 0 Å². The number of fused-ring (bicyclic) bond motifs is 5. The van der Waals surface area contributed by atoms with E-state index in [-0.39, 0.29) is 28.3 Å². The zero-order valence-electron chi connectivity index (χ0n) is 23.7. The van der Waals surface area contributed by atoms with Gasteiger partial charge in [0.1, 0.15) is 6.10 Å². The van der Waals surface area contributed by atoms with E-state index in [1.54, 1.807) is 12.5 Å². The van der Waals surface area contributed by atoms with Gasteiger partial charge in [-0.2, -0.15) is 0 Å². The quantitative estimate of drug-likeness (QED) is 0.232. The molecule has 0 saturated heterocycles. The van der Waals surface area contributed by atoms with Gasteiger partial charge >= 0.3 is 11.9 Å². The molecule has 4 nitrogen and oxygen atoms in total. The number of aliphatic carboxylic acids is 1. The van der Waals surface area contributed by atoms with Crippen LogP contribution < -0.4 is 0 Å². The van der Waals surface area contributed by atoms with Crippen molar-refractivity contribution in [3.63, 3.8) is 0 Å². The summed E-state index contributed by atoms with van der Waals surface area (Å²) in [6.45, 7) is 20.0. The Morgan fingerprint density at radius 2 is 1.89 bits per heavy atom. The van der Waals surface area contributed by atoms with Gasteiger partial charge in [0.2, 0.25) is 0 Å². The Balaban J connectivity index is 1.58. The molecule has 1 N–H and O–H groups in total. The predicted molar refractivity (Wildman–Crippen MR) is 144 cm³/mol. The molecule has 0 bridgehead atoms. The highest BCUT2D eigenvalue weighted by atomic mass is 16.5. The van der Waals surface area contributed by atoms with Gasteiger partial charge in [0.15, 0.2) is 0 Å². The molecule has 4 aliphatic rings. The lowest BCUT2D eigenvalue weighted by Crippen LogP contribution is -2.57. The molecule has 4 rings (SSSR count). The van der Waals surface area contributed by atoms with Crippen molar-refractivity contribution in [3.8, 4) is 0 Å². The van der Waals surface area contributed by atoms with E-state index in [4.69, 9.17) is 11.3 Å². The number of rotatable bonds is 6. The number of carboxylic acids is 1. The van der Waals surface area contributed by atoms with Gasteiger partial charge < -0.3 is 9.84 Å². The Hall–Kier alpha value is -1.84. The van der Waals surface area contributed by atoms with Crippen LogP contribution >= 0.6 is 0 Å². The molecule has 0 radical (unpaired) electrons. The summed E-state index contributed by atoms with van der Waals surface area (Å²) in [6, 6.07) is 0. The smallest absolute Gasteiger partial charge is 0.330 e. The van der Waals surface area contributed by atoms with Gasteiger partial charge in [-0.3, -0.25) is 4.79 Å². The maximum Gasteiger partial charge on any atom is 0.330 e. The van der Waals surface area contributed by atoms with Crippen molar-refractivity contribution in [2.75, 3.05) is 0 Å². The first-order chi connectivity index (χ1) is 16.7. The molecule has 0 aromatic heterocycles. The SMILES string of the molecule is C=C1C[C@H]2C(=CC[C@H]3C(C)(C)[C@H](OC(C)=O)CC[C@]23C)[C@]2(C)CC[C@H]([C@H](C)CC/C=C(\C)C(=O)O)C12. The lowest BCUT2D eigenvalue weighted by molar-refractivity contribution is -0.172. The Labute approximate surface area is 218 Å². The van der Waals surface area contributed by atoms with Crippen molar-refractivity contribution in [3.05, 3.63) is 35.5 Å². The van der Waals surface area contributed by atoms with Crippen LogP contribution in [-0.4, -0.2) is 23.1 Å². The molecule has 3 fully saturated rings. The maximum absolute atomic E-state index is 11.8. The number of carboxylic acid groups (broad SMARTS) is 1. The molecule has 4 aliphatic carbocycles. The van der Waals surface area contributed by atoms with Crippen molar-refractivity contribution in [1.29, 1.82) is 0 Å². The van der Waals surface area contributed by atoms with E-state index < -0.39 is 5.97 Å². The monoisotopic (exact) mass is 496 g/mol. The first-order valence-corrected chi connectivity index (χ1v) is 14.2. The average molecular weight is 497 g/mol. The third kappa shape index (κ3) is 4.31. The minimum Gasteiger partial charge on any atom is -0.478 e. The summed E-state index contributed by atoms with van der Waals surface area (Å²) in [4.78, 5) is 23.0. The van der Waals surface area contributed by atoms with Gasteiger partial charge in [-0.05, 0) is 98.7 Å². The molecule has 0 spiro atoms. The van der Waals surface area contributed by atoms with Gasteiger partial charge in [0.25, 0.3) is 0 Å². The molecule has 0 aromatic rings. The maximum atomic E-state index is 11.8. The van der Waals surface area contributed by atoms with Crippen molar-refractivity contribution >= 4 is 11.9 Å². The highest BCUT2D eigenvalue weighted by Crippen LogP contribution is 2.70. The fraction of sp³-hybridized carbons (Fsp3) is 0.750. The van der Waals surface area contributed by atoms with E-state index >= 15 is 0 Å². The molecule has 4 heteroatoms. The third-order valence-electron chi connectivity index (χ3n) is 11.3. The average Bonchev–Trinajstić information content (AvgIpc) is 3.15. The molecule has 0 aromatic carbocycles. The zero-order chi connectivity index (χ0) is 26.6. The highest BCUT2D eigenvalue weighted by Gasteiger charge is 2.62. The van der Waals surface area contributed by atoms with E-state index in [1.807, 2.05) is 6.08 Å². The minimum absolute atomic E-state index is 0.00586. The fourth-order valence-corrected chi connectivity index (χ4v) is 9.39. The van der Waals surface area contributed by atoms with Crippen molar-refractivity contribution in [1.82, 2.24) is 0 Å². The summed E-state index contributed by atoms with van der Waals surface area (Å²) in [5.41, 5.74) is 3.91. The van der Waals surface area contributed by atoms with Crippen molar-refractivity contribution in [2.45, 2.75) is 106 Å². The summed E-state index contributed by atoms with van der Waals surface area (Å²) in [5.74, 6) is 1.72. The van der Waals surface area contributed by atoms with E-state index in [9.17, 15) is 14.7 Å². The number of allylic oxidation sites excluding steroid dienone is 4. The number of ether oxygens (including phenoxy) is 1. The summed E-state index contributed by atoms with van der Waals surface area (Å²) in [5, 5.41) is 9.17. The standard InChI is InChI=1S/C32H48O4/c1-19(10-9-11-20(2)29(34)35)23-14-16-32(8)24-12-13-26-30(5,6)27(36-22(4)33)15-17-31(26,7)25(24)18-21(3)28(23)32/h11-12,19,23,25-28H,3,9-10,13-18H2,1-2,4-8H3,(H,34,35)/b20-11+/t19-,23-,25+,26+,27-,28?,31-,32+/m1/s1. The predicted octanol–water partition coefficient (Wildman–Crippen LogP) is 7.75. The molecule has 200 valence electrons. The second-order valence-electron chi connectivity index (χ2n) is 13.7. The first-order valence-electron chi connectivity index (χ1n) is 14.2. The van der Waals surface area contributed by atoms with Crippen LogP contribution in [0.15, 0.2) is 35.5 Å². The van der Waals surface area contributed by atoms with Crippen molar-refractivity contribution in [2.24, 2.45) is 45.8 Å². The van der Waals surface area contributed by atoms with Crippen LogP contribution in [0.5, 0.6) is 0 Å². The number of carbonyl (C=O) groups is 2. The highest BCUT2D eigenvalue weighted by molar-refractivity contribution is 5.85. The lowest BCUT2D eigenvalue weighted by atomic mass is 9.42. The van der Waals surface area contributed by atoms with Crippen LogP contribution in [0.4, 0.5) is 0 Å². The Morgan fingerprint density at radius 3 is 2.53 bits per heavy atom. The molecular formula is C32H48O4. The molecule has 0 amide bonds. The van der Waals surface area contributed by atoms with Crippen LogP contribution in [0.1, 0.15) is 99.8 Å². The summed E-state index contributed by atoms with van der Waals surface area (Å²) in [6.07, 6.45) is 13.0. The van der Waals surface area contributed by atoms with E-state index in [1.165, 1.54) is 25.3 Å². The third-order valence-corrected chi connectivity index (χ3v) is 11.3. The van der Waals surface area contributed by atoms with Crippen molar-refractivity contribution < 1.29 is 19.4 Å². The molecule has 3 saturated carbocycles. The largest absolute Gasteiger partial charge is 0.478 e. The van der Waals surface area contributed by atoms with E-state index in [0.717, 1.165) is 38.5 Å². The molecule has 8 atom stereocenters. The summed E-state index contributed by atoms with van der Waals surface area (Å²) in [7, 11) is 0. The second kappa shape index (κ2) is 9.48. The molecule has 36 heavy (non-hydrogen) atoms. The normalized spacial score (nSPS) is 40.4. The van der Waals surface area contributed by atoms with E-state index in [0.29, 0.717) is 35.2 Å². The fourth-order valence-electron chi connectivity index (χ4n) is 9.39. The second-order valence-corrected chi connectivity index (χ2v) is 13.7. The van der Waals surface area contributed by atoms with Crippen LogP contribution in [0, 0.1) is 45.8 Å². The minimum atomic E-state index is -0.816. The summed E-state index contributed by atoms with van der Waals surface area (Å²) >= 11 is 0. The van der Waals surface area contributed by atoms with E-state index in [2.05, 4.69) is 40.7 Å². The lowest BCUT2D eigenvalue weighted by Gasteiger charge is -2.63. The topological polar surface area (TPSA) is 63.6 Å². The summed E-state index contributed by atoms with van der Waals surface area (Å²) < 4.78 is 5.83. The van der Waals surface area contributed by atoms with Crippen LogP contribution in [0.25, 0.3) is 0 Å². The van der Waals surface area contributed by atoms with Crippen LogP contribution in [0.3, 0.4) is 0 Å². The van der Waals surface area contributed by atoms with Gasteiger partial charge in [-0.15, -0.1) is 0 Å².